The molecule has 3 aliphatic rings. The summed E-state index contributed by atoms with van der Waals surface area (Å²) in [6.45, 7) is 8.31. The molecule has 2 fully saturated rings. The van der Waals surface area contributed by atoms with Crippen LogP contribution in [0.1, 0.15) is 59.8 Å². The number of nitriles is 1. The van der Waals surface area contributed by atoms with Crippen LogP contribution < -0.4 is 9.64 Å². The van der Waals surface area contributed by atoms with Gasteiger partial charge in [0.05, 0.1) is 18.5 Å². The van der Waals surface area contributed by atoms with E-state index >= 15 is 0 Å². The van der Waals surface area contributed by atoms with Gasteiger partial charge in [-0.2, -0.15) is 15.2 Å². The molecule has 2 unspecified atom stereocenters. The standard InChI is InChI=1S/C32H39FN6O3/c1-4-21-8-6-10-27(33)26(21)18-22-11-12-25-29(30(22)41)35-32(42-20-24-9-7-15-37(24)3)36-31(25)38-16-17-39(28(40)5-2)23(19-38)13-14-34/h5-6,8,10,22-24H,2,4,7,9,11-13,15-20H2,1,3H3/t22-,23?,24?/m0/s1. The number of aromatic nitrogens is 2. The Balaban J connectivity index is 1.47. The van der Waals surface area contributed by atoms with E-state index in [1.165, 1.54) is 12.1 Å². The number of rotatable bonds is 9. The summed E-state index contributed by atoms with van der Waals surface area (Å²) in [6, 6.07) is 7.34. The van der Waals surface area contributed by atoms with Crippen LogP contribution in [-0.2, 0) is 24.1 Å². The fourth-order valence-electron chi connectivity index (χ4n) is 6.56. The maximum atomic E-state index is 14.9. The lowest BCUT2D eigenvalue weighted by molar-refractivity contribution is -0.128. The Bertz CT molecular complexity index is 1390. The van der Waals surface area contributed by atoms with E-state index in [2.05, 4.69) is 29.6 Å². The third kappa shape index (κ3) is 6.02. The largest absolute Gasteiger partial charge is 0.462 e. The van der Waals surface area contributed by atoms with Gasteiger partial charge in [0, 0.05) is 37.2 Å². The van der Waals surface area contributed by atoms with E-state index in [4.69, 9.17) is 9.72 Å². The van der Waals surface area contributed by atoms with Gasteiger partial charge >= 0.3 is 6.01 Å². The molecule has 0 saturated carbocycles. The summed E-state index contributed by atoms with van der Waals surface area (Å²) in [4.78, 5) is 41.9. The minimum Gasteiger partial charge on any atom is -0.462 e. The molecule has 0 N–H and O–H groups in total. The molecule has 3 atom stereocenters. The van der Waals surface area contributed by atoms with Crippen molar-refractivity contribution in [2.24, 2.45) is 5.92 Å². The summed E-state index contributed by atoms with van der Waals surface area (Å²) < 4.78 is 21.0. The molecule has 1 aliphatic carbocycles. The monoisotopic (exact) mass is 574 g/mol. The van der Waals surface area contributed by atoms with Gasteiger partial charge in [-0.05, 0) is 75.4 Å². The number of nitrogens with zero attached hydrogens (tertiary/aromatic N) is 6. The van der Waals surface area contributed by atoms with Crippen LogP contribution in [-0.4, -0.2) is 83.4 Å². The third-order valence-corrected chi connectivity index (χ3v) is 9.00. The average molecular weight is 575 g/mol. The zero-order valence-electron chi connectivity index (χ0n) is 24.5. The smallest absolute Gasteiger partial charge is 0.319 e. The second-order valence-electron chi connectivity index (χ2n) is 11.5. The van der Waals surface area contributed by atoms with Crippen molar-refractivity contribution < 1.29 is 18.7 Å². The van der Waals surface area contributed by atoms with Crippen LogP contribution in [0.15, 0.2) is 30.9 Å². The quantitative estimate of drug-likeness (QED) is 0.418. The minimum atomic E-state index is -0.398. The highest BCUT2D eigenvalue weighted by Crippen LogP contribution is 2.35. The number of Topliss-reactive ketones (excluding diaryl/α,β-unsaturated/α-hetero) is 1. The number of piperazine rings is 1. The molecule has 42 heavy (non-hydrogen) atoms. The second kappa shape index (κ2) is 13.0. The number of fused-ring (bicyclic) bond motifs is 1. The number of likely N-dealkylation sites (tertiary alicyclic amines) is 1. The van der Waals surface area contributed by atoms with Gasteiger partial charge in [-0.1, -0.05) is 25.6 Å². The Hall–Kier alpha value is -3.84. The van der Waals surface area contributed by atoms with E-state index in [-0.39, 0.29) is 42.0 Å². The van der Waals surface area contributed by atoms with Gasteiger partial charge in [0.2, 0.25) is 5.91 Å². The first-order valence-corrected chi connectivity index (χ1v) is 14.9. The number of anilines is 1. The number of benzene rings is 1. The molecule has 2 aliphatic heterocycles. The summed E-state index contributed by atoms with van der Waals surface area (Å²) in [6.07, 6.45) is 5.71. The number of ketones is 1. The molecule has 0 bridgehead atoms. The molecular formula is C32H39FN6O3. The van der Waals surface area contributed by atoms with Gasteiger partial charge in [-0.3, -0.25) is 9.59 Å². The Morgan fingerprint density at radius 1 is 1.24 bits per heavy atom. The molecule has 1 aromatic carbocycles. The fourth-order valence-corrected chi connectivity index (χ4v) is 6.56. The number of halogens is 1. The number of hydrogen-bond donors (Lipinski definition) is 0. The first-order chi connectivity index (χ1) is 20.3. The van der Waals surface area contributed by atoms with Gasteiger partial charge in [0.1, 0.15) is 23.9 Å². The molecule has 1 aromatic heterocycles. The zero-order valence-corrected chi connectivity index (χ0v) is 24.5. The molecule has 0 spiro atoms. The Morgan fingerprint density at radius 2 is 2.07 bits per heavy atom. The molecule has 0 radical (unpaired) electrons. The molecule has 10 heteroatoms. The predicted molar refractivity (Wildman–Crippen MR) is 157 cm³/mol. The molecule has 1 amide bonds. The van der Waals surface area contributed by atoms with Gasteiger partial charge in [0.15, 0.2) is 5.78 Å². The van der Waals surface area contributed by atoms with E-state index in [1.807, 2.05) is 17.9 Å². The van der Waals surface area contributed by atoms with Crippen molar-refractivity contribution in [3.05, 3.63) is 59.1 Å². The first-order valence-electron chi connectivity index (χ1n) is 14.9. The zero-order chi connectivity index (χ0) is 29.8. The van der Waals surface area contributed by atoms with Crippen molar-refractivity contribution in [3.8, 4) is 12.1 Å². The Morgan fingerprint density at radius 3 is 2.79 bits per heavy atom. The Labute approximate surface area is 247 Å². The molecule has 3 heterocycles. The molecule has 2 aromatic rings. The van der Waals surface area contributed by atoms with Crippen LogP contribution in [0.25, 0.3) is 0 Å². The first kappa shape index (κ1) is 29.6. The normalized spacial score (nSPS) is 22.5. The number of carbonyl (C=O) groups is 2. The summed E-state index contributed by atoms with van der Waals surface area (Å²) in [5.74, 6) is -0.388. The number of ether oxygens (including phenoxy) is 1. The van der Waals surface area contributed by atoms with Crippen LogP contribution in [0.2, 0.25) is 0 Å². The molecular weight excluding hydrogens is 535 g/mol. The topological polar surface area (TPSA) is 103 Å². The van der Waals surface area contributed by atoms with E-state index in [9.17, 15) is 19.2 Å². The van der Waals surface area contributed by atoms with Crippen molar-refractivity contribution in [2.75, 3.05) is 44.7 Å². The number of carbonyl (C=O) groups excluding carboxylic acids is 2. The summed E-state index contributed by atoms with van der Waals surface area (Å²) >= 11 is 0. The van der Waals surface area contributed by atoms with Gasteiger partial charge in [-0.25, -0.2) is 4.39 Å². The highest BCUT2D eigenvalue weighted by molar-refractivity contribution is 5.99. The van der Waals surface area contributed by atoms with Gasteiger partial charge < -0.3 is 19.4 Å². The Kier molecular flexibility index (Phi) is 9.17. The fraction of sp³-hybridized carbons (Fsp3) is 0.531. The van der Waals surface area contributed by atoms with Gasteiger partial charge in [0.25, 0.3) is 0 Å². The highest BCUT2D eigenvalue weighted by atomic mass is 19.1. The SMILES string of the molecule is C=CC(=O)N1CCN(c2nc(OCC3CCCN3C)nc3c2CC[C@@H](Cc2c(F)cccc2CC)C3=O)CC1CC#N. The van der Waals surface area contributed by atoms with Crippen molar-refractivity contribution >= 4 is 17.5 Å². The maximum Gasteiger partial charge on any atom is 0.319 e. The minimum absolute atomic E-state index is 0.123. The van der Waals surface area contributed by atoms with Crippen LogP contribution in [0.4, 0.5) is 10.2 Å². The summed E-state index contributed by atoms with van der Waals surface area (Å²) in [5, 5.41) is 9.47. The second-order valence-corrected chi connectivity index (χ2v) is 11.5. The number of likely N-dealkylation sites (N-methyl/N-ethyl adjacent to an activating group) is 1. The van der Waals surface area contributed by atoms with E-state index in [0.29, 0.717) is 69.0 Å². The van der Waals surface area contributed by atoms with E-state index < -0.39 is 5.92 Å². The van der Waals surface area contributed by atoms with E-state index in [0.717, 1.165) is 30.5 Å². The highest BCUT2D eigenvalue weighted by Gasteiger charge is 2.37. The molecule has 5 rings (SSSR count). The van der Waals surface area contributed by atoms with Crippen molar-refractivity contribution in [1.82, 2.24) is 19.8 Å². The van der Waals surface area contributed by atoms with Crippen LogP contribution >= 0.6 is 0 Å². The van der Waals surface area contributed by atoms with Crippen molar-refractivity contribution in [1.29, 1.82) is 5.26 Å². The molecule has 222 valence electrons. The lowest BCUT2D eigenvalue weighted by Crippen LogP contribution is -2.55. The summed E-state index contributed by atoms with van der Waals surface area (Å²) in [5.41, 5.74) is 2.60. The number of hydrogen-bond acceptors (Lipinski definition) is 8. The number of aryl methyl sites for hydroxylation is 1. The average Bonchev–Trinajstić information content (AvgIpc) is 3.42. The number of amides is 1. The van der Waals surface area contributed by atoms with Crippen molar-refractivity contribution in [3.63, 3.8) is 0 Å². The van der Waals surface area contributed by atoms with Crippen LogP contribution in [0.5, 0.6) is 6.01 Å². The third-order valence-electron chi connectivity index (χ3n) is 9.00. The van der Waals surface area contributed by atoms with Gasteiger partial charge in [-0.15, -0.1) is 0 Å². The maximum absolute atomic E-state index is 14.9. The molecule has 2 saturated heterocycles. The molecule has 9 nitrogen and oxygen atoms in total. The predicted octanol–water partition coefficient (Wildman–Crippen LogP) is 3.76. The lowest BCUT2D eigenvalue weighted by Gasteiger charge is -2.41. The van der Waals surface area contributed by atoms with Crippen LogP contribution in [0, 0.1) is 23.1 Å². The van der Waals surface area contributed by atoms with Crippen molar-refractivity contribution in [2.45, 2.75) is 64.0 Å². The summed E-state index contributed by atoms with van der Waals surface area (Å²) in [7, 11) is 2.07. The lowest BCUT2D eigenvalue weighted by atomic mass is 9.81. The van der Waals surface area contributed by atoms with Crippen LogP contribution in [0.3, 0.4) is 0 Å². The van der Waals surface area contributed by atoms with E-state index in [1.54, 1.807) is 11.0 Å².